The van der Waals surface area contributed by atoms with Crippen molar-refractivity contribution in [1.82, 2.24) is 0 Å². The summed E-state index contributed by atoms with van der Waals surface area (Å²) in [6.07, 6.45) is 2.21. The van der Waals surface area contributed by atoms with Crippen LogP contribution >= 0.6 is 0 Å². The lowest BCUT2D eigenvalue weighted by Gasteiger charge is -2.11. The van der Waals surface area contributed by atoms with Gasteiger partial charge in [-0.05, 0) is 26.2 Å². The number of carbonyl (C=O) groups excluding carboxylic acids is 1. The van der Waals surface area contributed by atoms with Crippen molar-refractivity contribution in [2.24, 2.45) is 5.92 Å². The first kappa shape index (κ1) is 14.6. The molecule has 0 saturated carbocycles. The third kappa shape index (κ3) is 8.54. The third-order valence-electron chi connectivity index (χ3n) is 2.33. The first-order chi connectivity index (χ1) is 7.22. The van der Waals surface area contributed by atoms with Gasteiger partial charge in [-0.25, -0.2) is 0 Å². The fourth-order valence-corrected chi connectivity index (χ4v) is 1.38. The number of hydrogen-bond acceptors (Lipinski definition) is 4. The molecule has 15 heavy (non-hydrogen) atoms. The summed E-state index contributed by atoms with van der Waals surface area (Å²) in [4.78, 5) is 11.1. The van der Waals surface area contributed by atoms with Crippen molar-refractivity contribution in [3.8, 4) is 0 Å². The molecule has 4 heteroatoms. The van der Waals surface area contributed by atoms with Gasteiger partial charge < -0.3 is 14.6 Å². The maximum atomic E-state index is 11.1. The van der Waals surface area contributed by atoms with Gasteiger partial charge in [-0.15, -0.1) is 0 Å². The Kier molecular flexibility index (Phi) is 9.78. The minimum atomic E-state index is -0.0129. The van der Waals surface area contributed by atoms with Crippen LogP contribution in [0.5, 0.6) is 0 Å². The summed E-state index contributed by atoms with van der Waals surface area (Å²) >= 11 is 0. The Morgan fingerprint density at radius 1 is 1.27 bits per heavy atom. The molecule has 90 valence electrons. The Labute approximate surface area is 91.6 Å². The summed E-state index contributed by atoms with van der Waals surface area (Å²) in [5, 5.41) is 8.76. The Morgan fingerprint density at radius 2 is 2.00 bits per heavy atom. The zero-order valence-corrected chi connectivity index (χ0v) is 9.70. The minimum absolute atomic E-state index is 0.0129. The summed E-state index contributed by atoms with van der Waals surface area (Å²) in [6.45, 7) is 3.51. The fraction of sp³-hybridized carbons (Fsp3) is 0.909. The van der Waals surface area contributed by atoms with Crippen molar-refractivity contribution >= 4 is 5.78 Å². The van der Waals surface area contributed by atoms with Crippen LogP contribution in [0.3, 0.4) is 0 Å². The fourth-order valence-electron chi connectivity index (χ4n) is 1.38. The third-order valence-corrected chi connectivity index (χ3v) is 2.33. The molecular weight excluding hydrogens is 196 g/mol. The van der Waals surface area contributed by atoms with E-state index in [9.17, 15) is 4.79 Å². The van der Waals surface area contributed by atoms with Crippen LogP contribution in [0.1, 0.15) is 26.2 Å². The van der Waals surface area contributed by atoms with Gasteiger partial charge in [0.25, 0.3) is 0 Å². The highest BCUT2D eigenvalue weighted by atomic mass is 16.5. The molecule has 1 N–H and O–H groups in total. The maximum Gasteiger partial charge on any atom is 0.132 e. The molecule has 0 aromatic rings. The molecule has 0 radical (unpaired) electrons. The number of aliphatic hydroxyl groups is 1. The quantitative estimate of drug-likeness (QED) is 0.556. The predicted molar refractivity (Wildman–Crippen MR) is 57.8 cm³/mol. The van der Waals surface area contributed by atoms with E-state index in [4.69, 9.17) is 14.6 Å². The van der Waals surface area contributed by atoms with Gasteiger partial charge in [-0.2, -0.15) is 0 Å². The van der Waals surface area contributed by atoms with Crippen LogP contribution in [-0.4, -0.2) is 44.4 Å². The van der Waals surface area contributed by atoms with Gasteiger partial charge >= 0.3 is 0 Å². The van der Waals surface area contributed by atoms with E-state index in [2.05, 4.69) is 0 Å². The Morgan fingerprint density at radius 3 is 2.53 bits per heavy atom. The summed E-state index contributed by atoms with van der Waals surface area (Å²) in [7, 11) is 1.64. The lowest BCUT2D eigenvalue weighted by atomic mass is 9.96. The molecule has 0 heterocycles. The van der Waals surface area contributed by atoms with Crippen molar-refractivity contribution in [2.75, 3.05) is 33.5 Å². The summed E-state index contributed by atoms with van der Waals surface area (Å²) in [6, 6.07) is 0. The molecule has 0 amide bonds. The molecule has 0 aromatic carbocycles. The van der Waals surface area contributed by atoms with E-state index in [0.29, 0.717) is 26.2 Å². The molecule has 0 aliphatic rings. The van der Waals surface area contributed by atoms with Gasteiger partial charge in [0, 0.05) is 26.2 Å². The molecule has 0 aliphatic heterocycles. The predicted octanol–water partition coefficient (Wildman–Crippen LogP) is 1.02. The van der Waals surface area contributed by atoms with E-state index in [0.717, 1.165) is 12.8 Å². The molecule has 0 aliphatic carbocycles. The number of ketones is 1. The number of ether oxygens (including phenoxy) is 2. The monoisotopic (exact) mass is 218 g/mol. The van der Waals surface area contributed by atoms with E-state index < -0.39 is 0 Å². The van der Waals surface area contributed by atoms with E-state index in [1.54, 1.807) is 14.0 Å². The standard InChI is InChI=1S/C11H22O4/c1-10(13)11(5-6-12)4-3-7-15-9-8-14-2/h11-12H,3-9H2,1-2H3. The highest BCUT2D eigenvalue weighted by Crippen LogP contribution is 2.11. The first-order valence-corrected chi connectivity index (χ1v) is 5.40. The molecule has 1 atom stereocenters. The van der Waals surface area contributed by atoms with Gasteiger partial charge in [0.05, 0.1) is 13.2 Å². The van der Waals surface area contributed by atoms with Crippen molar-refractivity contribution in [1.29, 1.82) is 0 Å². The van der Waals surface area contributed by atoms with Gasteiger partial charge in [0.1, 0.15) is 5.78 Å². The van der Waals surface area contributed by atoms with E-state index in [1.807, 2.05) is 0 Å². The average molecular weight is 218 g/mol. The topological polar surface area (TPSA) is 55.8 Å². The number of aliphatic hydroxyl groups excluding tert-OH is 1. The van der Waals surface area contributed by atoms with Crippen molar-refractivity contribution in [3.05, 3.63) is 0 Å². The largest absolute Gasteiger partial charge is 0.396 e. The van der Waals surface area contributed by atoms with Crippen LogP contribution in [0.2, 0.25) is 0 Å². The summed E-state index contributed by atoms with van der Waals surface area (Å²) in [5.41, 5.74) is 0. The number of carbonyl (C=O) groups is 1. The molecule has 1 unspecified atom stereocenters. The minimum Gasteiger partial charge on any atom is -0.396 e. The van der Waals surface area contributed by atoms with Crippen molar-refractivity contribution in [3.63, 3.8) is 0 Å². The van der Waals surface area contributed by atoms with Crippen LogP contribution in [0.4, 0.5) is 0 Å². The highest BCUT2D eigenvalue weighted by Gasteiger charge is 2.12. The normalized spacial score (nSPS) is 12.7. The Bertz CT molecular complexity index is 159. The first-order valence-electron chi connectivity index (χ1n) is 5.40. The maximum absolute atomic E-state index is 11.1. The molecule has 4 nitrogen and oxygen atoms in total. The van der Waals surface area contributed by atoms with Crippen LogP contribution in [0.25, 0.3) is 0 Å². The second kappa shape index (κ2) is 10.1. The lowest BCUT2D eigenvalue weighted by molar-refractivity contribution is -0.121. The lowest BCUT2D eigenvalue weighted by Crippen LogP contribution is -2.14. The number of Topliss-reactive ketones (excluding diaryl/α,β-unsaturated/α-hetero) is 1. The summed E-state index contributed by atoms with van der Waals surface area (Å²) < 4.78 is 10.1. The zero-order chi connectivity index (χ0) is 11.5. The van der Waals surface area contributed by atoms with Crippen molar-refractivity contribution < 1.29 is 19.4 Å². The smallest absolute Gasteiger partial charge is 0.132 e. The van der Waals surface area contributed by atoms with Gasteiger partial charge in [-0.1, -0.05) is 0 Å². The number of methoxy groups -OCH3 is 1. The average Bonchev–Trinajstić information content (AvgIpc) is 2.21. The van der Waals surface area contributed by atoms with Crippen LogP contribution in [0.15, 0.2) is 0 Å². The van der Waals surface area contributed by atoms with Gasteiger partial charge in [0.15, 0.2) is 0 Å². The van der Waals surface area contributed by atoms with Crippen LogP contribution in [0, 0.1) is 5.92 Å². The van der Waals surface area contributed by atoms with Gasteiger partial charge in [-0.3, -0.25) is 4.79 Å². The molecule has 0 bridgehead atoms. The molecule has 0 spiro atoms. The molecule has 0 rings (SSSR count). The van der Waals surface area contributed by atoms with Gasteiger partial charge in [0.2, 0.25) is 0 Å². The number of hydrogen-bond donors (Lipinski definition) is 1. The highest BCUT2D eigenvalue weighted by molar-refractivity contribution is 5.78. The molecular formula is C11H22O4. The molecule has 0 saturated heterocycles. The Hall–Kier alpha value is -0.450. The molecule has 0 aromatic heterocycles. The van der Waals surface area contributed by atoms with E-state index in [-0.39, 0.29) is 18.3 Å². The second-order valence-corrected chi connectivity index (χ2v) is 3.57. The zero-order valence-electron chi connectivity index (χ0n) is 9.70. The van der Waals surface area contributed by atoms with E-state index in [1.165, 1.54) is 0 Å². The van der Waals surface area contributed by atoms with Crippen molar-refractivity contribution in [2.45, 2.75) is 26.2 Å². The van der Waals surface area contributed by atoms with Crippen LogP contribution < -0.4 is 0 Å². The van der Waals surface area contributed by atoms with E-state index >= 15 is 0 Å². The number of rotatable bonds is 10. The second-order valence-electron chi connectivity index (χ2n) is 3.57. The Balaban J connectivity index is 3.41. The molecule has 0 fully saturated rings. The SMILES string of the molecule is COCCOCCCC(CCO)C(C)=O. The summed E-state index contributed by atoms with van der Waals surface area (Å²) in [5.74, 6) is 0.141. The van der Waals surface area contributed by atoms with Crippen LogP contribution in [-0.2, 0) is 14.3 Å².